The average molecular weight is 744 g/mol. The second kappa shape index (κ2) is 15.3. The van der Waals surface area contributed by atoms with E-state index >= 15 is 0 Å². The van der Waals surface area contributed by atoms with E-state index < -0.39 is 46.3 Å². The van der Waals surface area contributed by atoms with E-state index in [1.54, 1.807) is 10.8 Å². The molecule has 0 spiro atoms. The molecule has 248 valence electrons. The van der Waals surface area contributed by atoms with E-state index in [2.05, 4.69) is 93.5 Å². The maximum atomic E-state index is 13.4. The molecular weight excluding hydrogens is 679 g/mol. The Labute approximate surface area is 268 Å². The summed E-state index contributed by atoms with van der Waals surface area (Å²) in [6, 6.07) is 1.43. The van der Waals surface area contributed by atoms with Crippen molar-refractivity contribution in [2.24, 2.45) is 0 Å². The van der Waals surface area contributed by atoms with Crippen LogP contribution in [0.2, 0.25) is 49.6 Å². The fraction of sp³-hybridized carbons (Fsp3) is 0.818. The Bertz CT molecular complexity index is 1170. The number of hydrogen-bond donors (Lipinski definition) is 1. The summed E-state index contributed by atoms with van der Waals surface area (Å²) in [5.74, 6) is 0.632. The Kier molecular flexibility index (Phi) is 13.7. The van der Waals surface area contributed by atoms with Crippen molar-refractivity contribution in [1.82, 2.24) is 9.55 Å². The van der Waals surface area contributed by atoms with Crippen molar-refractivity contribution in [2.75, 3.05) is 6.61 Å². The van der Waals surface area contributed by atoms with Crippen molar-refractivity contribution < 1.29 is 13.6 Å². The van der Waals surface area contributed by atoms with Gasteiger partial charge in [-0.15, -0.1) is 0 Å². The summed E-state index contributed by atoms with van der Waals surface area (Å²) >= 11 is -3.27. The fourth-order valence-electron chi connectivity index (χ4n) is 5.45. The van der Waals surface area contributed by atoms with Gasteiger partial charge in [-0.3, -0.25) is 0 Å². The fourth-order valence-corrected chi connectivity index (χ4v) is 25.6. The molecule has 0 fully saturated rings. The minimum atomic E-state index is -3.27. The van der Waals surface area contributed by atoms with E-state index in [-0.39, 0.29) is 22.3 Å². The number of aromatic amines is 1. The summed E-state index contributed by atoms with van der Waals surface area (Å²) in [5, 5.41) is 0.0671. The first-order chi connectivity index (χ1) is 19.8. The number of ether oxygens (including phenoxy) is 1. The monoisotopic (exact) mass is 744 g/mol. The molecule has 0 saturated heterocycles. The van der Waals surface area contributed by atoms with Gasteiger partial charge in [0.15, 0.2) is 0 Å². The van der Waals surface area contributed by atoms with E-state index in [0.717, 1.165) is 19.3 Å². The van der Waals surface area contributed by atoms with Crippen LogP contribution in [0, 0.1) is 0 Å². The topological polar surface area (TPSA) is 82.6 Å². The summed E-state index contributed by atoms with van der Waals surface area (Å²) < 4.78 is 27.8. The van der Waals surface area contributed by atoms with Crippen LogP contribution >= 0.6 is 0 Å². The standard InChI is InChI=1S/C21H37N2O5Si2.3C4H9.Sn/c1-20(2,3)29(7,8)26-14-16-15(28-30(9,10)21(4,5)6)13-18(27-16)23-12-11-17(24)22-19(23)25;3*1-3-4-2;/h11-12,15-16H,14H2,1-10H3,(H,22,24,25);3*1,3-4H2,2H3;/t15-,16-;;;;/m1..../s1. The molecule has 10 heteroatoms. The molecule has 1 aromatic rings. The predicted octanol–water partition coefficient (Wildman–Crippen LogP) is 8.90. The van der Waals surface area contributed by atoms with Gasteiger partial charge in [0.2, 0.25) is 0 Å². The van der Waals surface area contributed by atoms with Gasteiger partial charge in [-0.05, 0) is 0 Å². The Morgan fingerprint density at radius 1 is 0.860 bits per heavy atom. The van der Waals surface area contributed by atoms with Gasteiger partial charge >= 0.3 is 270 Å². The summed E-state index contributed by atoms with van der Waals surface area (Å²) in [6.45, 7) is 30.1. The first-order valence-corrected chi connectivity index (χ1v) is 30.1. The van der Waals surface area contributed by atoms with E-state index in [9.17, 15) is 9.59 Å². The molecule has 0 saturated carbocycles. The molecule has 43 heavy (non-hydrogen) atoms. The normalized spacial score (nSPS) is 18.8. The van der Waals surface area contributed by atoms with Gasteiger partial charge in [-0.2, -0.15) is 0 Å². The van der Waals surface area contributed by atoms with Gasteiger partial charge in [0.25, 0.3) is 0 Å². The third-order valence-corrected chi connectivity index (χ3v) is 35.3. The first kappa shape index (κ1) is 38.6. The molecule has 2 heterocycles. The Balaban J connectivity index is 2.93. The molecule has 0 aliphatic carbocycles. The number of nitrogens with one attached hydrogen (secondary N) is 1. The zero-order valence-corrected chi connectivity index (χ0v) is 34.7. The number of nitrogens with zero attached hydrogens (tertiary/aromatic N) is 1. The second-order valence-corrected chi connectivity index (χ2v) is 38.5. The maximum absolute atomic E-state index is 13.4. The van der Waals surface area contributed by atoms with E-state index in [1.165, 1.54) is 42.2 Å². The first-order valence-electron chi connectivity index (χ1n) is 16.8. The molecule has 2 rings (SSSR count). The van der Waals surface area contributed by atoms with Crippen molar-refractivity contribution >= 4 is 40.9 Å². The molecule has 7 nitrogen and oxygen atoms in total. The molecule has 1 aromatic heterocycles. The number of aromatic nitrogens is 2. The number of rotatable bonds is 16. The van der Waals surface area contributed by atoms with Gasteiger partial charge in [0.1, 0.15) is 0 Å². The van der Waals surface area contributed by atoms with Crippen LogP contribution in [0.4, 0.5) is 0 Å². The zero-order valence-electron chi connectivity index (χ0n) is 29.9. The average Bonchev–Trinajstić information content (AvgIpc) is 3.23. The van der Waals surface area contributed by atoms with Crippen LogP contribution < -0.4 is 11.2 Å². The van der Waals surface area contributed by atoms with E-state index in [1.807, 2.05) is 0 Å². The minimum absolute atomic E-state index is 0.00889. The van der Waals surface area contributed by atoms with Crippen LogP contribution in [0.5, 0.6) is 0 Å². The molecule has 0 unspecified atom stereocenters. The van der Waals surface area contributed by atoms with E-state index in [4.69, 9.17) is 13.6 Å². The molecular formula is C33H64N2O5Si2Sn. The van der Waals surface area contributed by atoms with Crippen molar-refractivity contribution in [1.29, 1.82) is 0 Å². The molecule has 0 amide bonds. The van der Waals surface area contributed by atoms with Crippen LogP contribution in [0.3, 0.4) is 0 Å². The Morgan fingerprint density at radius 2 is 1.35 bits per heavy atom. The second-order valence-electron chi connectivity index (χ2n) is 15.8. The molecule has 0 bridgehead atoms. The van der Waals surface area contributed by atoms with Gasteiger partial charge in [-0.1, -0.05) is 0 Å². The summed E-state index contributed by atoms with van der Waals surface area (Å²) in [5.41, 5.74) is -0.843. The predicted molar refractivity (Wildman–Crippen MR) is 190 cm³/mol. The van der Waals surface area contributed by atoms with Crippen molar-refractivity contribution in [3.8, 4) is 0 Å². The zero-order chi connectivity index (χ0) is 32.9. The van der Waals surface area contributed by atoms with Crippen molar-refractivity contribution in [2.45, 2.75) is 163 Å². The van der Waals surface area contributed by atoms with Gasteiger partial charge in [0, 0.05) is 0 Å². The van der Waals surface area contributed by atoms with Crippen molar-refractivity contribution in [3.05, 3.63) is 36.7 Å². The summed E-state index contributed by atoms with van der Waals surface area (Å²) in [6.07, 6.45) is 7.98. The van der Waals surface area contributed by atoms with Gasteiger partial charge < -0.3 is 0 Å². The van der Waals surface area contributed by atoms with Crippen LogP contribution in [-0.4, -0.2) is 63.4 Å². The number of hydrogen-bond acceptors (Lipinski definition) is 5. The summed E-state index contributed by atoms with van der Waals surface area (Å²) in [4.78, 5) is 28.1. The quantitative estimate of drug-likeness (QED) is 0.171. The van der Waals surface area contributed by atoms with Gasteiger partial charge in [-0.25, -0.2) is 0 Å². The van der Waals surface area contributed by atoms with Gasteiger partial charge in [0.05, 0.1) is 0 Å². The molecule has 0 aromatic carbocycles. The van der Waals surface area contributed by atoms with Crippen LogP contribution in [0.1, 0.15) is 101 Å². The van der Waals surface area contributed by atoms with Crippen LogP contribution in [0.15, 0.2) is 25.4 Å². The van der Waals surface area contributed by atoms with Crippen LogP contribution in [0.25, 0.3) is 5.88 Å². The molecule has 1 aliphatic rings. The molecule has 1 N–H and O–H groups in total. The third kappa shape index (κ3) is 9.45. The third-order valence-electron chi connectivity index (χ3n) is 10.4. The Hall–Kier alpha value is -0.628. The van der Waals surface area contributed by atoms with E-state index in [0.29, 0.717) is 12.5 Å². The SMILES string of the molecule is CCC[CH2][Sn]([CH2]CCC)([CH2]CCC)[C]1=C(n2ccc(=O)[nH]c2=O)O[C@H](CO[Si](C)(C)C(C)(C)C)[C@@H]1O[Si](C)(C)C(C)(C)C. The van der Waals surface area contributed by atoms with Crippen molar-refractivity contribution in [3.63, 3.8) is 0 Å². The summed E-state index contributed by atoms with van der Waals surface area (Å²) in [7, 11) is -4.35. The number of unbranched alkanes of at least 4 members (excludes halogenated alkanes) is 3. The number of H-pyrrole nitrogens is 1. The van der Waals surface area contributed by atoms with Crippen LogP contribution in [-0.2, 0) is 13.6 Å². The molecule has 1 aliphatic heterocycles. The Morgan fingerprint density at radius 3 is 1.77 bits per heavy atom. The molecule has 2 atom stereocenters. The molecule has 0 radical (unpaired) electrons.